The van der Waals surface area contributed by atoms with Crippen molar-refractivity contribution in [2.75, 3.05) is 0 Å². The van der Waals surface area contributed by atoms with Crippen LogP contribution >= 0.6 is 0 Å². The Kier molecular flexibility index (Phi) is 3.66. The lowest BCUT2D eigenvalue weighted by atomic mass is 9.98. The molecule has 1 aromatic heterocycles. The SMILES string of the molecule is Cc1cc(C(O)C(N)CC(C)C)n[nH]1. The van der Waals surface area contributed by atoms with E-state index in [2.05, 4.69) is 24.0 Å². The van der Waals surface area contributed by atoms with Crippen LogP contribution in [-0.4, -0.2) is 21.3 Å². The van der Waals surface area contributed by atoms with E-state index >= 15 is 0 Å². The largest absolute Gasteiger partial charge is 0.385 e. The molecule has 1 heterocycles. The Balaban J connectivity index is 2.60. The van der Waals surface area contributed by atoms with Crippen molar-refractivity contribution < 1.29 is 5.11 Å². The number of nitrogens with two attached hydrogens (primary N) is 1. The number of aryl methyl sites for hydroxylation is 1. The number of H-pyrrole nitrogens is 1. The summed E-state index contributed by atoms with van der Waals surface area (Å²) in [4.78, 5) is 0. The van der Waals surface area contributed by atoms with E-state index in [0.29, 0.717) is 11.6 Å². The van der Waals surface area contributed by atoms with Gasteiger partial charge in [-0.15, -0.1) is 0 Å². The lowest BCUT2D eigenvalue weighted by Crippen LogP contribution is -2.30. The number of aromatic amines is 1. The predicted molar refractivity (Wildman–Crippen MR) is 55.7 cm³/mol. The third-order valence-corrected chi connectivity index (χ3v) is 2.18. The molecule has 0 aliphatic rings. The van der Waals surface area contributed by atoms with Gasteiger partial charge < -0.3 is 10.8 Å². The molecule has 80 valence electrons. The van der Waals surface area contributed by atoms with E-state index in [9.17, 15) is 5.11 Å². The minimum atomic E-state index is -0.664. The van der Waals surface area contributed by atoms with Crippen LogP contribution in [0.2, 0.25) is 0 Å². The molecule has 0 aromatic carbocycles. The molecule has 0 spiro atoms. The molecule has 2 atom stereocenters. The maximum absolute atomic E-state index is 9.84. The number of aromatic nitrogens is 2. The molecule has 0 aliphatic heterocycles. The monoisotopic (exact) mass is 197 g/mol. The highest BCUT2D eigenvalue weighted by Gasteiger charge is 2.19. The second kappa shape index (κ2) is 4.57. The molecule has 14 heavy (non-hydrogen) atoms. The quantitative estimate of drug-likeness (QED) is 0.677. The van der Waals surface area contributed by atoms with Crippen LogP contribution in [0.5, 0.6) is 0 Å². The molecule has 4 N–H and O–H groups in total. The molecule has 1 aromatic rings. The number of rotatable bonds is 4. The maximum Gasteiger partial charge on any atom is 0.113 e. The van der Waals surface area contributed by atoms with Gasteiger partial charge in [0.1, 0.15) is 6.10 Å². The highest BCUT2D eigenvalue weighted by atomic mass is 16.3. The molecular formula is C10H19N3O. The van der Waals surface area contributed by atoms with E-state index in [-0.39, 0.29) is 6.04 Å². The van der Waals surface area contributed by atoms with Crippen LogP contribution in [-0.2, 0) is 0 Å². The van der Waals surface area contributed by atoms with Gasteiger partial charge in [-0.1, -0.05) is 13.8 Å². The summed E-state index contributed by atoms with van der Waals surface area (Å²) >= 11 is 0. The fourth-order valence-corrected chi connectivity index (χ4v) is 1.48. The minimum Gasteiger partial charge on any atom is -0.385 e. The summed E-state index contributed by atoms with van der Waals surface area (Å²) in [5, 5.41) is 16.6. The Morgan fingerprint density at radius 1 is 1.57 bits per heavy atom. The number of nitrogens with one attached hydrogen (secondary N) is 1. The van der Waals surface area contributed by atoms with Gasteiger partial charge in [0.2, 0.25) is 0 Å². The summed E-state index contributed by atoms with van der Waals surface area (Å²) in [6.07, 6.45) is 0.134. The summed E-state index contributed by atoms with van der Waals surface area (Å²) in [5.74, 6) is 0.486. The van der Waals surface area contributed by atoms with Crippen LogP contribution in [0.1, 0.15) is 37.8 Å². The lowest BCUT2D eigenvalue weighted by molar-refractivity contribution is 0.131. The van der Waals surface area contributed by atoms with Crippen LogP contribution in [0.4, 0.5) is 0 Å². The highest BCUT2D eigenvalue weighted by Crippen LogP contribution is 2.18. The third kappa shape index (κ3) is 2.82. The van der Waals surface area contributed by atoms with E-state index in [0.717, 1.165) is 12.1 Å². The first-order chi connectivity index (χ1) is 6.50. The van der Waals surface area contributed by atoms with E-state index in [1.54, 1.807) is 0 Å². The molecule has 0 saturated carbocycles. The van der Waals surface area contributed by atoms with Gasteiger partial charge in [0.15, 0.2) is 0 Å². The van der Waals surface area contributed by atoms with Gasteiger partial charge in [0.05, 0.1) is 5.69 Å². The van der Waals surface area contributed by atoms with Crippen LogP contribution in [0.15, 0.2) is 6.07 Å². The number of hydrogen-bond donors (Lipinski definition) is 3. The molecule has 2 unspecified atom stereocenters. The van der Waals surface area contributed by atoms with Gasteiger partial charge >= 0.3 is 0 Å². The zero-order valence-electron chi connectivity index (χ0n) is 8.99. The first-order valence-electron chi connectivity index (χ1n) is 4.96. The zero-order valence-corrected chi connectivity index (χ0v) is 8.99. The molecule has 0 bridgehead atoms. The molecule has 0 fully saturated rings. The van der Waals surface area contributed by atoms with Gasteiger partial charge in [-0.25, -0.2) is 0 Å². The van der Waals surface area contributed by atoms with Crippen molar-refractivity contribution in [3.8, 4) is 0 Å². The first-order valence-corrected chi connectivity index (χ1v) is 4.96. The van der Waals surface area contributed by atoms with Crippen LogP contribution < -0.4 is 5.73 Å². The molecule has 4 nitrogen and oxygen atoms in total. The lowest BCUT2D eigenvalue weighted by Gasteiger charge is -2.18. The first kappa shape index (κ1) is 11.2. The number of aliphatic hydroxyl groups excluding tert-OH is 1. The van der Waals surface area contributed by atoms with Gasteiger partial charge in [-0.05, 0) is 25.3 Å². The maximum atomic E-state index is 9.84. The van der Waals surface area contributed by atoms with Crippen molar-refractivity contribution in [3.63, 3.8) is 0 Å². The van der Waals surface area contributed by atoms with E-state index in [1.165, 1.54) is 0 Å². The van der Waals surface area contributed by atoms with Gasteiger partial charge in [0, 0.05) is 11.7 Å². The average molecular weight is 197 g/mol. The van der Waals surface area contributed by atoms with E-state index < -0.39 is 6.10 Å². The Hall–Kier alpha value is -0.870. The molecule has 0 aliphatic carbocycles. The smallest absolute Gasteiger partial charge is 0.113 e. The number of hydrogen-bond acceptors (Lipinski definition) is 3. The summed E-state index contributed by atoms with van der Waals surface area (Å²) in [5.41, 5.74) is 7.43. The number of nitrogens with zero attached hydrogens (tertiary/aromatic N) is 1. The second-order valence-electron chi connectivity index (χ2n) is 4.21. The summed E-state index contributed by atoms with van der Waals surface area (Å²) < 4.78 is 0. The van der Waals surface area contributed by atoms with Crippen molar-refractivity contribution in [3.05, 3.63) is 17.5 Å². The van der Waals surface area contributed by atoms with Crippen molar-refractivity contribution in [2.45, 2.75) is 39.3 Å². The van der Waals surface area contributed by atoms with Gasteiger partial charge in [-0.2, -0.15) is 5.10 Å². The Morgan fingerprint density at radius 3 is 2.64 bits per heavy atom. The zero-order chi connectivity index (χ0) is 10.7. The summed E-state index contributed by atoms with van der Waals surface area (Å²) in [6, 6.07) is 1.59. The fourth-order valence-electron chi connectivity index (χ4n) is 1.48. The Morgan fingerprint density at radius 2 is 2.21 bits per heavy atom. The minimum absolute atomic E-state index is 0.238. The number of aliphatic hydroxyl groups is 1. The summed E-state index contributed by atoms with van der Waals surface area (Å²) in [6.45, 7) is 6.07. The molecule has 1 rings (SSSR count). The molecule has 0 amide bonds. The van der Waals surface area contributed by atoms with Gasteiger partial charge in [-0.3, -0.25) is 5.10 Å². The molecule has 4 heteroatoms. The Labute approximate surface area is 84.5 Å². The second-order valence-corrected chi connectivity index (χ2v) is 4.21. The average Bonchev–Trinajstić information content (AvgIpc) is 2.49. The molecule has 0 saturated heterocycles. The third-order valence-electron chi connectivity index (χ3n) is 2.18. The standard InChI is InChI=1S/C10H19N3O/c1-6(2)4-8(11)10(14)9-5-7(3)12-13-9/h5-6,8,10,14H,4,11H2,1-3H3,(H,12,13). The molecular weight excluding hydrogens is 178 g/mol. The topological polar surface area (TPSA) is 74.9 Å². The fraction of sp³-hybridized carbons (Fsp3) is 0.700. The molecule has 0 radical (unpaired) electrons. The van der Waals surface area contributed by atoms with Crippen molar-refractivity contribution >= 4 is 0 Å². The normalized spacial score (nSPS) is 15.9. The van der Waals surface area contributed by atoms with Crippen LogP contribution in [0.3, 0.4) is 0 Å². The van der Waals surface area contributed by atoms with E-state index in [4.69, 9.17) is 5.73 Å². The van der Waals surface area contributed by atoms with Crippen molar-refractivity contribution in [1.29, 1.82) is 0 Å². The highest BCUT2D eigenvalue weighted by molar-refractivity contribution is 5.11. The van der Waals surface area contributed by atoms with Crippen molar-refractivity contribution in [2.24, 2.45) is 11.7 Å². The Bertz CT molecular complexity index is 283. The van der Waals surface area contributed by atoms with Crippen LogP contribution in [0, 0.1) is 12.8 Å². The van der Waals surface area contributed by atoms with Gasteiger partial charge in [0.25, 0.3) is 0 Å². The predicted octanol–water partition coefficient (Wildman–Crippen LogP) is 1.12. The summed E-state index contributed by atoms with van der Waals surface area (Å²) in [7, 11) is 0. The van der Waals surface area contributed by atoms with Crippen LogP contribution in [0.25, 0.3) is 0 Å². The van der Waals surface area contributed by atoms with E-state index in [1.807, 2.05) is 13.0 Å². The van der Waals surface area contributed by atoms with Crippen molar-refractivity contribution in [1.82, 2.24) is 10.2 Å².